The Kier molecular flexibility index (Phi) is 8.82. The number of sulfonamides is 1. The smallest absolute Gasteiger partial charge is 0.262 e. The average molecular weight is 523 g/mol. The fraction of sp³-hybridized carbons (Fsp3) is 0.250. The van der Waals surface area contributed by atoms with Crippen LogP contribution in [0.2, 0.25) is 5.02 Å². The lowest BCUT2D eigenvalue weighted by atomic mass is 10.0. The van der Waals surface area contributed by atoms with Crippen LogP contribution in [0, 0.1) is 0 Å². The zero-order valence-electron chi connectivity index (χ0n) is 18.8. The minimum absolute atomic E-state index is 0.0299. The predicted molar refractivity (Wildman–Crippen MR) is 132 cm³/mol. The Bertz CT molecular complexity index is 1220. The number of phenols is 2. The summed E-state index contributed by atoms with van der Waals surface area (Å²) in [5.41, 5.74) is 0.530. The molecule has 0 aliphatic heterocycles. The first-order valence-corrected chi connectivity index (χ1v) is 12.5. The molecule has 0 heterocycles. The molecule has 2 unspecified atom stereocenters. The lowest BCUT2D eigenvalue weighted by Gasteiger charge is -2.22. The van der Waals surface area contributed by atoms with Gasteiger partial charge in [-0.15, -0.1) is 0 Å². The second kappa shape index (κ2) is 11.6. The van der Waals surface area contributed by atoms with E-state index in [1.165, 1.54) is 54.6 Å². The molecule has 0 radical (unpaired) electrons. The number of halogens is 1. The molecule has 35 heavy (non-hydrogen) atoms. The van der Waals surface area contributed by atoms with Crippen molar-refractivity contribution >= 4 is 27.3 Å². The number of benzene rings is 3. The fourth-order valence-corrected chi connectivity index (χ4v) is 4.34. The Hall–Kier alpha value is -3.02. The molecule has 3 aromatic rings. The molecule has 0 fully saturated rings. The predicted octanol–water partition coefficient (Wildman–Crippen LogP) is 3.00. The van der Waals surface area contributed by atoms with E-state index in [2.05, 4.69) is 10.0 Å². The van der Waals surface area contributed by atoms with Crippen LogP contribution < -0.4 is 14.8 Å². The minimum Gasteiger partial charge on any atom is -0.508 e. The third-order valence-corrected chi connectivity index (χ3v) is 6.80. The fourth-order valence-electron chi connectivity index (χ4n) is 3.15. The van der Waals surface area contributed by atoms with Gasteiger partial charge < -0.3 is 30.5 Å². The van der Waals surface area contributed by atoms with Gasteiger partial charge in [0.25, 0.3) is 10.0 Å². The molecule has 3 atom stereocenters. The maximum atomic E-state index is 12.6. The van der Waals surface area contributed by atoms with Crippen molar-refractivity contribution in [2.45, 2.75) is 30.1 Å². The summed E-state index contributed by atoms with van der Waals surface area (Å²) < 4.78 is 33.0. The molecule has 0 saturated heterocycles. The quantitative estimate of drug-likeness (QED) is 0.210. The summed E-state index contributed by atoms with van der Waals surface area (Å²) in [4.78, 5) is -0.0299. The molecule has 188 valence electrons. The number of aliphatic hydroxyl groups excluding tert-OH is 2. The van der Waals surface area contributed by atoms with Gasteiger partial charge in [0.1, 0.15) is 30.0 Å². The van der Waals surface area contributed by atoms with Crippen LogP contribution in [0.3, 0.4) is 0 Å². The Labute approximate surface area is 208 Å². The van der Waals surface area contributed by atoms with Crippen LogP contribution in [0.1, 0.15) is 18.6 Å². The van der Waals surface area contributed by atoms with Crippen molar-refractivity contribution in [1.82, 2.24) is 5.32 Å². The number of hydrogen-bond donors (Lipinski definition) is 6. The maximum Gasteiger partial charge on any atom is 0.262 e. The number of anilines is 1. The van der Waals surface area contributed by atoms with Gasteiger partial charge in [-0.25, -0.2) is 8.42 Å². The zero-order valence-corrected chi connectivity index (χ0v) is 20.4. The van der Waals surface area contributed by atoms with Crippen molar-refractivity contribution in [1.29, 1.82) is 0 Å². The number of phenolic OH excluding ortho intramolecular Hbond substituents is 2. The van der Waals surface area contributed by atoms with E-state index in [1.54, 1.807) is 19.1 Å². The van der Waals surface area contributed by atoms with Crippen LogP contribution in [0.15, 0.2) is 71.6 Å². The van der Waals surface area contributed by atoms with Crippen molar-refractivity contribution in [3.05, 3.63) is 77.3 Å². The lowest BCUT2D eigenvalue weighted by molar-refractivity contribution is 0.0876. The van der Waals surface area contributed by atoms with Gasteiger partial charge in [-0.05, 0) is 61.0 Å². The van der Waals surface area contributed by atoms with Gasteiger partial charge in [0.2, 0.25) is 0 Å². The van der Waals surface area contributed by atoms with E-state index >= 15 is 0 Å². The summed E-state index contributed by atoms with van der Waals surface area (Å²) in [6, 6.07) is 15.4. The Morgan fingerprint density at radius 2 is 1.63 bits per heavy atom. The summed E-state index contributed by atoms with van der Waals surface area (Å²) in [5.74, 6) is 0.0336. The van der Waals surface area contributed by atoms with Gasteiger partial charge in [-0.3, -0.25) is 4.72 Å². The van der Waals surface area contributed by atoms with Gasteiger partial charge in [0.15, 0.2) is 0 Å². The third-order valence-electron chi connectivity index (χ3n) is 5.16. The number of aromatic hydroxyl groups is 2. The van der Waals surface area contributed by atoms with Gasteiger partial charge in [-0.1, -0.05) is 23.7 Å². The summed E-state index contributed by atoms with van der Waals surface area (Å²) in [7, 11) is -3.97. The highest BCUT2D eigenvalue weighted by atomic mass is 35.5. The van der Waals surface area contributed by atoms with Crippen LogP contribution >= 0.6 is 11.6 Å². The van der Waals surface area contributed by atoms with Gasteiger partial charge >= 0.3 is 0 Å². The first kappa shape index (κ1) is 26.6. The molecule has 11 heteroatoms. The van der Waals surface area contributed by atoms with Gasteiger partial charge in [-0.2, -0.15) is 0 Å². The standard InChI is InChI=1S/C24H27ClN2O7S/c1-15(24(31)16-2-6-18(28)7-3-16)26-13-19(29)14-34-20-8-11-23(30)22(12-20)27-35(32,33)21-9-4-17(25)5-10-21/h2-12,15,19,24,26-31H,13-14H2,1H3/t15?,19-,24?/m0/s1. The Morgan fingerprint density at radius 1 is 0.971 bits per heavy atom. The van der Waals surface area contributed by atoms with Crippen LogP contribution in [-0.2, 0) is 10.0 Å². The molecule has 0 amide bonds. The molecular weight excluding hydrogens is 496 g/mol. The second-order valence-corrected chi connectivity index (χ2v) is 10.1. The molecule has 0 spiro atoms. The molecule has 3 aromatic carbocycles. The maximum absolute atomic E-state index is 12.6. The molecule has 0 saturated carbocycles. The van der Waals surface area contributed by atoms with Crippen molar-refractivity contribution in [3.63, 3.8) is 0 Å². The zero-order chi connectivity index (χ0) is 25.6. The minimum atomic E-state index is -3.97. The molecule has 0 bridgehead atoms. The Morgan fingerprint density at radius 3 is 2.29 bits per heavy atom. The summed E-state index contributed by atoms with van der Waals surface area (Å²) >= 11 is 5.80. The van der Waals surface area contributed by atoms with Crippen molar-refractivity contribution in [2.24, 2.45) is 0 Å². The normalized spacial score (nSPS) is 14.2. The van der Waals surface area contributed by atoms with Gasteiger partial charge in [0.05, 0.1) is 16.7 Å². The largest absolute Gasteiger partial charge is 0.508 e. The van der Waals surface area contributed by atoms with Crippen LogP contribution in [0.5, 0.6) is 17.2 Å². The molecular formula is C24H27ClN2O7S. The monoisotopic (exact) mass is 522 g/mol. The van der Waals surface area contributed by atoms with E-state index in [0.29, 0.717) is 10.6 Å². The second-order valence-electron chi connectivity index (χ2n) is 7.94. The van der Waals surface area contributed by atoms with E-state index in [1.807, 2.05) is 0 Å². The lowest BCUT2D eigenvalue weighted by Crippen LogP contribution is -2.39. The topological polar surface area (TPSA) is 148 Å². The summed E-state index contributed by atoms with van der Waals surface area (Å²) in [6.45, 7) is 1.75. The van der Waals surface area contributed by atoms with E-state index < -0.39 is 28.3 Å². The highest BCUT2D eigenvalue weighted by Gasteiger charge is 2.19. The molecule has 3 rings (SSSR count). The number of ether oxygens (including phenoxy) is 1. The van der Waals surface area contributed by atoms with Crippen LogP contribution in [0.25, 0.3) is 0 Å². The molecule has 0 aliphatic carbocycles. The van der Waals surface area contributed by atoms with Crippen LogP contribution in [0.4, 0.5) is 5.69 Å². The number of hydrogen-bond acceptors (Lipinski definition) is 8. The first-order chi connectivity index (χ1) is 16.5. The molecule has 9 nitrogen and oxygen atoms in total. The summed E-state index contributed by atoms with van der Waals surface area (Å²) in [6.07, 6.45) is -1.79. The Balaban J connectivity index is 1.54. The summed E-state index contributed by atoms with van der Waals surface area (Å²) in [5, 5.41) is 43.5. The van der Waals surface area contributed by atoms with E-state index in [0.717, 1.165) is 0 Å². The number of nitrogens with one attached hydrogen (secondary N) is 2. The van der Waals surface area contributed by atoms with Crippen LogP contribution in [-0.4, -0.2) is 54.1 Å². The number of aliphatic hydroxyl groups is 2. The van der Waals surface area contributed by atoms with Crippen molar-refractivity contribution in [3.8, 4) is 17.2 Å². The third kappa shape index (κ3) is 7.48. The SMILES string of the molecule is CC(NC[C@H](O)COc1ccc(O)c(NS(=O)(=O)c2ccc(Cl)cc2)c1)C(O)c1ccc(O)cc1. The highest BCUT2D eigenvalue weighted by molar-refractivity contribution is 7.92. The molecule has 0 aromatic heterocycles. The number of rotatable bonds is 11. The molecule has 0 aliphatic rings. The average Bonchev–Trinajstić information content (AvgIpc) is 2.83. The van der Waals surface area contributed by atoms with Gasteiger partial charge in [0, 0.05) is 23.7 Å². The van der Waals surface area contributed by atoms with E-state index in [9.17, 15) is 28.8 Å². The van der Waals surface area contributed by atoms with Crippen molar-refractivity contribution in [2.75, 3.05) is 17.9 Å². The van der Waals surface area contributed by atoms with E-state index in [4.69, 9.17) is 16.3 Å². The molecule has 6 N–H and O–H groups in total. The van der Waals surface area contributed by atoms with E-state index in [-0.39, 0.29) is 41.0 Å². The first-order valence-electron chi connectivity index (χ1n) is 10.7. The highest BCUT2D eigenvalue weighted by Crippen LogP contribution is 2.30. The van der Waals surface area contributed by atoms with Crippen molar-refractivity contribution < 1.29 is 33.6 Å².